The van der Waals surface area contributed by atoms with Crippen molar-refractivity contribution in [2.75, 3.05) is 5.32 Å². The van der Waals surface area contributed by atoms with Crippen molar-refractivity contribution in [2.24, 2.45) is 0 Å². The second kappa shape index (κ2) is 6.56. The molecule has 6 heteroatoms. The molecule has 146 valence electrons. The van der Waals surface area contributed by atoms with Gasteiger partial charge >= 0.3 is 0 Å². The number of fused-ring (bicyclic) bond motifs is 3. The zero-order chi connectivity index (χ0) is 20.1. The van der Waals surface area contributed by atoms with Gasteiger partial charge in [-0.25, -0.2) is 9.07 Å². The van der Waals surface area contributed by atoms with Crippen LogP contribution in [0.5, 0.6) is 5.75 Å². The Morgan fingerprint density at radius 2 is 1.63 bits per heavy atom. The Bertz CT molecular complexity index is 1260. The summed E-state index contributed by atoms with van der Waals surface area (Å²) in [5.74, 6) is 1.18. The van der Waals surface area contributed by atoms with Gasteiger partial charge in [0, 0.05) is 11.1 Å². The minimum atomic E-state index is -0.323. The summed E-state index contributed by atoms with van der Waals surface area (Å²) in [6, 6.07) is 24.3. The molecular formula is C24H17FN4O. The van der Waals surface area contributed by atoms with Gasteiger partial charge in [0.1, 0.15) is 30.0 Å². The van der Waals surface area contributed by atoms with Gasteiger partial charge < -0.3 is 10.1 Å². The maximum Gasteiger partial charge on any atom is 0.226 e. The normalized spacial score (nSPS) is 19.2. The number of para-hydroxylation sites is 1. The lowest BCUT2D eigenvalue weighted by Crippen LogP contribution is -2.32. The van der Waals surface area contributed by atoms with Crippen LogP contribution in [0.2, 0.25) is 0 Å². The molecule has 3 heterocycles. The fourth-order valence-electron chi connectivity index (χ4n) is 4.29. The molecule has 0 bridgehead atoms. The van der Waals surface area contributed by atoms with Gasteiger partial charge in [-0.3, -0.25) is 0 Å². The third-order valence-electron chi connectivity index (χ3n) is 5.61. The second-order valence-electron chi connectivity index (χ2n) is 7.34. The van der Waals surface area contributed by atoms with Crippen LogP contribution in [0.25, 0.3) is 5.70 Å². The number of benzene rings is 3. The molecule has 1 aromatic heterocycles. The molecule has 5 nitrogen and oxygen atoms in total. The quantitative estimate of drug-likeness (QED) is 0.519. The highest BCUT2D eigenvalue weighted by molar-refractivity contribution is 5.85. The van der Waals surface area contributed by atoms with Gasteiger partial charge in [-0.05, 0) is 35.4 Å². The van der Waals surface area contributed by atoms with Crippen LogP contribution < -0.4 is 10.1 Å². The van der Waals surface area contributed by atoms with E-state index in [-0.39, 0.29) is 18.0 Å². The predicted octanol–water partition coefficient (Wildman–Crippen LogP) is 4.98. The van der Waals surface area contributed by atoms with E-state index in [1.54, 1.807) is 12.1 Å². The topological polar surface area (TPSA) is 52.0 Å². The Labute approximate surface area is 172 Å². The summed E-state index contributed by atoms with van der Waals surface area (Å²) in [4.78, 5) is 4.40. The molecule has 0 spiro atoms. The first kappa shape index (κ1) is 17.0. The largest absolute Gasteiger partial charge is 0.480 e. The lowest BCUT2D eigenvalue weighted by atomic mass is 9.84. The number of hydrogen-bond acceptors (Lipinski definition) is 4. The summed E-state index contributed by atoms with van der Waals surface area (Å²) in [5.41, 5.74) is 4.91. The third kappa shape index (κ3) is 2.54. The standard InChI is InChI=1S/C24H17FN4O/c25-17-12-10-15(11-13-17)22-20-21(28-24-26-14-27-29(22)24)18-8-4-5-9-19(18)30-23(20)16-6-2-1-3-7-16/h1-14,22-23H,(H,26,27,28). The number of nitrogens with one attached hydrogen (secondary N) is 1. The molecule has 6 rings (SSSR count). The monoisotopic (exact) mass is 396 g/mol. The van der Waals surface area contributed by atoms with Crippen LogP contribution in [0.15, 0.2) is 90.8 Å². The molecular weight excluding hydrogens is 379 g/mol. The van der Waals surface area contributed by atoms with E-state index in [2.05, 4.69) is 27.5 Å². The Balaban J connectivity index is 1.63. The Morgan fingerprint density at radius 3 is 2.47 bits per heavy atom. The van der Waals surface area contributed by atoms with Gasteiger partial charge in [-0.2, -0.15) is 10.1 Å². The van der Waals surface area contributed by atoms with Crippen molar-refractivity contribution in [2.45, 2.75) is 12.1 Å². The fraction of sp³-hybridized carbons (Fsp3) is 0.0833. The van der Waals surface area contributed by atoms with E-state index < -0.39 is 0 Å². The van der Waals surface area contributed by atoms with Crippen molar-refractivity contribution in [1.29, 1.82) is 0 Å². The maximum absolute atomic E-state index is 13.7. The molecule has 30 heavy (non-hydrogen) atoms. The van der Waals surface area contributed by atoms with Crippen LogP contribution in [0.3, 0.4) is 0 Å². The zero-order valence-corrected chi connectivity index (χ0v) is 15.9. The highest BCUT2D eigenvalue weighted by atomic mass is 19.1. The number of anilines is 1. The molecule has 0 fully saturated rings. The number of hydrogen-bond donors (Lipinski definition) is 1. The highest BCUT2D eigenvalue weighted by Gasteiger charge is 2.40. The van der Waals surface area contributed by atoms with E-state index in [1.807, 2.05) is 47.1 Å². The van der Waals surface area contributed by atoms with E-state index in [4.69, 9.17) is 4.74 Å². The molecule has 0 aliphatic carbocycles. The van der Waals surface area contributed by atoms with Gasteiger partial charge in [-0.1, -0.05) is 54.6 Å². The van der Waals surface area contributed by atoms with Crippen molar-refractivity contribution in [3.8, 4) is 5.75 Å². The summed E-state index contributed by atoms with van der Waals surface area (Å²) in [7, 11) is 0. The first-order valence-electron chi connectivity index (χ1n) is 9.76. The first-order chi connectivity index (χ1) is 14.8. The van der Waals surface area contributed by atoms with Gasteiger partial charge in [0.15, 0.2) is 0 Å². The molecule has 1 N–H and O–H groups in total. The maximum atomic E-state index is 13.7. The van der Waals surface area contributed by atoms with Gasteiger partial charge in [0.05, 0.1) is 5.70 Å². The highest BCUT2D eigenvalue weighted by Crippen LogP contribution is 2.50. The van der Waals surface area contributed by atoms with Gasteiger partial charge in [0.2, 0.25) is 5.95 Å². The van der Waals surface area contributed by atoms with Crippen molar-refractivity contribution in [1.82, 2.24) is 14.8 Å². The summed E-state index contributed by atoms with van der Waals surface area (Å²) >= 11 is 0. The fourth-order valence-corrected chi connectivity index (χ4v) is 4.29. The minimum absolute atomic E-state index is 0.273. The van der Waals surface area contributed by atoms with Gasteiger partial charge in [0.25, 0.3) is 0 Å². The third-order valence-corrected chi connectivity index (χ3v) is 5.61. The molecule has 2 unspecified atom stereocenters. The zero-order valence-electron chi connectivity index (χ0n) is 15.9. The summed E-state index contributed by atoms with van der Waals surface area (Å²) in [6.07, 6.45) is 1.21. The SMILES string of the molecule is Fc1ccc(C2C3=C(Nc4ncnn42)c2ccccc2OC3c2ccccc2)cc1. The molecule has 0 saturated carbocycles. The van der Waals surface area contributed by atoms with Crippen LogP contribution in [-0.4, -0.2) is 14.8 Å². The van der Waals surface area contributed by atoms with Crippen molar-refractivity contribution in [3.05, 3.63) is 113 Å². The van der Waals surface area contributed by atoms with Crippen molar-refractivity contribution >= 4 is 11.6 Å². The summed E-state index contributed by atoms with van der Waals surface area (Å²) in [6.45, 7) is 0. The van der Waals surface area contributed by atoms with Crippen LogP contribution in [0, 0.1) is 5.82 Å². The molecule has 3 aromatic carbocycles. The average molecular weight is 396 g/mol. The molecule has 4 aromatic rings. The summed E-state index contributed by atoms with van der Waals surface area (Å²) < 4.78 is 22.0. The van der Waals surface area contributed by atoms with Crippen LogP contribution in [0.1, 0.15) is 28.8 Å². The smallest absolute Gasteiger partial charge is 0.226 e. The molecule has 0 amide bonds. The number of nitrogens with zero attached hydrogens (tertiary/aromatic N) is 3. The van der Waals surface area contributed by atoms with Crippen molar-refractivity contribution in [3.63, 3.8) is 0 Å². The van der Waals surface area contributed by atoms with Gasteiger partial charge in [-0.15, -0.1) is 0 Å². The molecule has 0 saturated heterocycles. The first-order valence-corrected chi connectivity index (χ1v) is 9.76. The lowest BCUT2D eigenvalue weighted by molar-refractivity contribution is 0.223. The van der Waals surface area contributed by atoms with E-state index in [0.29, 0.717) is 5.95 Å². The van der Waals surface area contributed by atoms with E-state index in [9.17, 15) is 4.39 Å². The number of halogens is 1. The van der Waals surface area contributed by atoms with Crippen LogP contribution in [-0.2, 0) is 0 Å². The molecule has 2 aliphatic rings. The molecule has 2 aliphatic heterocycles. The number of ether oxygens (including phenoxy) is 1. The Hall–Kier alpha value is -3.93. The Kier molecular flexibility index (Phi) is 3.71. The minimum Gasteiger partial charge on any atom is -0.480 e. The summed E-state index contributed by atoms with van der Waals surface area (Å²) in [5, 5.41) is 7.93. The van der Waals surface area contributed by atoms with Crippen molar-refractivity contribution < 1.29 is 9.13 Å². The van der Waals surface area contributed by atoms with E-state index >= 15 is 0 Å². The lowest BCUT2D eigenvalue weighted by Gasteiger charge is -2.38. The second-order valence-corrected chi connectivity index (χ2v) is 7.34. The van der Waals surface area contributed by atoms with Crippen LogP contribution in [0.4, 0.5) is 10.3 Å². The predicted molar refractivity (Wildman–Crippen MR) is 111 cm³/mol. The average Bonchev–Trinajstić information content (AvgIpc) is 3.27. The molecule has 0 radical (unpaired) electrons. The Morgan fingerprint density at radius 1 is 0.867 bits per heavy atom. The van der Waals surface area contributed by atoms with E-state index in [0.717, 1.165) is 33.7 Å². The number of rotatable bonds is 2. The van der Waals surface area contributed by atoms with E-state index in [1.165, 1.54) is 18.5 Å². The molecule has 2 atom stereocenters. The number of aromatic nitrogens is 3. The van der Waals surface area contributed by atoms with Crippen LogP contribution >= 0.6 is 0 Å².